The zero-order valence-corrected chi connectivity index (χ0v) is 11.3. The van der Waals surface area contributed by atoms with Crippen LogP contribution in [0.3, 0.4) is 0 Å². The third-order valence-corrected chi connectivity index (χ3v) is 4.69. The molecule has 0 spiro atoms. The van der Waals surface area contributed by atoms with E-state index in [0.717, 1.165) is 0 Å². The molecule has 0 N–H and O–H groups in total. The minimum absolute atomic E-state index is 0.160. The number of hydrogen-bond acceptors (Lipinski definition) is 4. The van der Waals surface area contributed by atoms with Crippen molar-refractivity contribution in [1.29, 1.82) is 0 Å². The second kappa shape index (κ2) is 5.64. The fraction of sp³-hybridized carbons (Fsp3) is 0.600. The van der Waals surface area contributed by atoms with Crippen LogP contribution in [-0.4, -0.2) is 29.6 Å². The Labute approximate surface area is 105 Å². The number of alkyl halides is 1. The minimum Gasteiger partial charge on any atom is -0.312 e. The summed E-state index contributed by atoms with van der Waals surface area (Å²) in [7, 11) is -3.66. The van der Waals surface area contributed by atoms with Gasteiger partial charge in [-0.2, -0.15) is 0 Å². The van der Waals surface area contributed by atoms with Gasteiger partial charge < -0.3 is 4.57 Å². The van der Waals surface area contributed by atoms with Crippen LogP contribution in [0.4, 0.5) is 0 Å². The van der Waals surface area contributed by atoms with Crippen molar-refractivity contribution >= 4 is 21.4 Å². The van der Waals surface area contributed by atoms with Crippen LogP contribution in [0.1, 0.15) is 13.8 Å². The van der Waals surface area contributed by atoms with Gasteiger partial charge in [-0.3, -0.25) is 4.79 Å². The van der Waals surface area contributed by atoms with Crippen LogP contribution in [0.25, 0.3) is 0 Å². The van der Waals surface area contributed by atoms with E-state index in [1.54, 1.807) is 13.8 Å². The van der Waals surface area contributed by atoms with E-state index in [9.17, 15) is 13.2 Å². The molecule has 1 heterocycles. The van der Waals surface area contributed by atoms with E-state index in [2.05, 4.69) is 4.98 Å². The Balaban J connectivity index is 3.21. The number of rotatable bonds is 5. The van der Waals surface area contributed by atoms with E-state index in [1.807, 2.05) is 0 Å². The molecule has 1 rings (SSSR count). The summed E-state index contributed by atoms with van der Waals surface area (Å²) in [5.41, 5.74) is -0.572. The van der Waals surface area contributed by atoms with Crippen LogP contribution in [-0.2, 0) is 16.4 Å². The maximum Gasteiger partial charge on any atom is 0.288 e. The molecule has 0 saturated heterocycles. The summed E-state index contributed by atoms with van der Waals surface area (Å²) in [6.07, 6.45) is 2.79. The molecular weight excluding hydrogens is 264 g/mol. The maximum absolute atomic E-state index is 12.0. The first-order valence-electron chi connectivity index (χ1n) is 5.26. The number of aromatic nitrogens is 2. The molecule has 0 aliphatic heterocycles. The van der Waals surface area contributed by atoms with Crippen LogP contribution in [0, 0.1) is 5.92 Å². The number of sulfone groups is 1. The van der Waals surface area contributed by atoms with Crippen molar-refractivity contribution in [2.45, 2.75) is 25.4 Å². The first-order chi connectivity index (χ1) is 7.92. The summed E-state index contributed by atoms with van der Waals surface area (Å²) in [6, 6.07) is 0. The normalized spacial score (nSPS) is 13.6. The van der Waals surface area contributed by atoms with Crippen LogP contribution in [0.2, 0.25) is 0 Å². The van der Waals surface area contributed by atoms with Crippen LogP contribution in [0.15, 0.2) is 22.2 Å². The standard InChI is InChI=1S/C10H15ClN2O3S/c1-3-13-5-4-12-9(10(13)14)17(15,16)7-8(2)6-11/h4-5,8H,3,6-7H2,1-2H3. The molecule has 0 aliphatic rings. The Hall–Kier alpha value is -0.880. The molecule has 0 fully saturated rings. The van der Waals surface area contributed by atoms with Crippen molar-refractivity contribution < 1.29 is 8.42 Å². The number of halogens is 1. The molecule has 0 bridgehead atoms. The number of hydrogen-bond donors (Lipinski definition) is 0. The van der Waals surface area contributed by atoms with Gasteiger partial charge in [-0.1, -0.05) is 6.92 Å². The van der Waals surface area contributed by atoms with Crippen molar-refractivity contribution in [2.75, 3.05) is 11.6 Å². The lowest BCUT2D eigenvalue weighted by Crippen LogP contribution is -2.29. The molecule has 5 nitrogen and oxygen atoms in total. The lowest BCUT2D eigenvalue weighted by Gasteiger charge is -2.08. The summed E-state index contributed by atoms with van der Waals surface area (Å²) in [4.78, 5) is 15.5. The van der Waals surface area contributed by atoms with E-state index < -0.39 is 15.4 Å². The summed E-state index contributed by atoms with van der Waals surface area (Å²) >= 11 is 5.58. The molecule has 0 saturated carbocycles. The molecule has 0 aliphatic carbocycles. The first kappa shape index (κ1) is 14.2. The number of nitrogens with zero attached hydrogens (tertiary/aromatic N) is 2. The quantitative estimate of drug-likeness (QED) is 0.751. The highest BCUT2D eigenvalue weighted by Crippen LogP contribution is 2.09. The van der Waals surface area contributed by atoms with Crippen LogP contribution < -0.4 is 5.56 Å². The van der Waals surface area contributed by atoms with E-state index in [-0.39, 0.29) is 22.6 Å². The van der Waals surface area contributed by atoms with Gasteiger partial charge in [0.2, 0.25) is 14.9 Å². The minimum atomic E-state index is -3.66. The molecule has 1 atom stereocenters. The molecule has 0 aromatic carbocycles. The largest absolute Gasteiger partial charge is 0.312 e. The van der Waals surface area contributed by atoms with Crippen LogP contribution >= 0.6 is 11.6 Å². The molecule has 1 aromatic rings. The summed E-state index contributed by atoms with van der Waals surface area (Å²) in [5, 5.41) is -0.390. The maximum atomic E-state index is 12.0. The van der Waals surface area contributed by atoms with Gasteiger partial charge in [0, 0.05) is 24.8 Å². The van der Waals surface area contributed by atoms with Crippen LogP contribution in [0.5, 0.6) is 0 Å². The predicted molar refractivity (Wildman–Crippen MR) is 66.1 cm³/mol. The Kier molecular flexibility index (Phi) is 4.70. The van der Waals surface area contributed by atoms with Gasteiger partial charge in [0.15, 0.2) is 0 Å². The van der Waals surface area contributed by atoms with Gasteiger partial charge in [-0.15, -0.1) is 11.6 Å². The van der Waals surface area contributed by atoms with E-state index in [0.29, 0.717) is 6.54 Å². The third-order valence-electron chi connectivity index (χ3n) is 2.28. The fourth-order valence-electron chi connectivity index (χ4n) is 1.39. The second-order valence-corrected chi connectivity index (χ2v) is 6.12. The van der Waals surface area contributed by atoms with E-state index in [1.165, 1.54) is 17.0 Å². The lowest BCUT2D eigenvalue weighted by molar-refractivity contribution is 0.572. The topological polar surface area (TPSA) is 69.0 Å². The van der Waals surface area contributed by atoms with Gasteiger partial charge in [-0.05, 0) is 12.8 Å². The monoisotopic (exact) mass is 278 g/mol. The van der Waals surface area contributed by atoms with E-state index >= 15 is 0 Å². The van der Waals surface area contributed by atoms with Crippen molar-refractivity contribution in [1.82, 2.24) is 9.55 Å². The Bertz CT molecular complexity index is 539. The van der Waals surface area contributed by atoms with Crippen molar-refractivity contribution in [2.24, 2.45) is 5.92 Å². The molecule has 1 aromatic heterocycles. The van der Waals surface area contributed by atoms with Gasteiger partial charge in [-0.25, -0.2) is 13.4 Å². The van der Waals surface area contributed by atoms with Gasteiger partial charge in [0.25, 0.3) is 5.56 Å². The SMILES string of the molecule is CCn1ccnc(S(=O)(=O)CC(C)CCl)c1=O. The van der Waals surface area contributed by atoms with Gasteiger partial charge >= 0.3 is 0 Å². The molecule has 0 amide bonds. The summed E-state index contributed by atoms with van der Waals surface area (Å²) in [5.74, 6) is -0.140. The highest BCUT2D eigenvalue weighted by atomic mass is 35.5. The zero-order valence-electron chi connectivity index (χ0n) is 9.76. The van der Waals surface area contributed by atoms with Gasteiger partial charge in [0.1, 0.15) is 0 Å². The smallest absolute Gasteiger partial charge is 0.288 e. The highest BCUT2D eigenvalue weighted by Gasteiger charge is 2.23. The Morgan fingerprint density at radius 2 is 2.18 bits per heavy atom. The predicted octanol–water partition coefficient (Wildman–Crippen LogP) is 0.912. The molecule has 17 heavy (non-hydrogen) atoms. The molecule has 7 heteroatoms. The highest BCUT2D eigenvalue weighted by molar-refractivity contribution is 7.91. The lowest BCUT2D eigenvalue weighted by atomic mass is 10.3. The van der Waals surface area contributed by atoms with Crippen molar-refractivity contribution in [3.8, 4) is 0 Å². The van der Waals surface area contributed by atoms with Crippen molar-refractivity contribution in [3.05, 3.63) is 22.7 Å². The fourth-order valence-corrected chi connectivity index (χ4v) is 3.26. The average molecular weight is 279 g/mol. The molecular formula is C10H15ClN2O3S. The number of aryl methyl sites for hydroxylation is 1. The first-order valence-corrected chi connectivity index (χ1v) is 7.45. The summed E-state index contributed by atoms with van der Waals surface area (Å²) in [6.45, 7) is 3.89. The van der Waals surface area contributed by atoms with Gasteiger partial charge in [0.05, 0.1) is 5.75 Å². The average Bonchev–Trinajstić information content (AvgIpc) is 2.28. The second-order valence-electron chi connectivity index (χ2n) is 3.86. The third kappa shape index (κ3) is 3.29. The van der Waals surface area contributed by atoms with E-state index in [4.69, 9.17) is 11.6 Å². The Morgan fingerprint density at radius 1 is 1.53 bits per heavy atom. The van der Waals surface area contributed by atoms with Crippen molar-refractivity contribution in [3.63, 3.8) is 0 Å². The molecule has 96 valence electrons. The zero-order chi connectivity index (χ0) is 13.1. The Morgan fingerprint density at radius 3 is 2.71 bits per heavy atom. The summed E-state index contributed by atoms with van der Waals surface area (Å²) < 4.78 is 25.2. The molecule has 0 radical (unpaired) electrons. The molecule has 1 unspecified atom stereocenters.